The Morgan fingerprint density at radius 2 is 1.90 bits per heavy atom. The average Bonchev–Trinajstić information content (AvgIpc) is 3.42. The van der Waals surface area contributed by atoms with Crippen LogP contribution in [0.3, 0.4) is 0 Å². The maximum atomic E-state index is 6.14. The van der Waals surface area contributed by atoms with E-state index >= 15 is 0 Å². The van der Waals surface area contributed by atoms with Crippen LogP contribution in [-0.4, -0.2) is 35.0 Å². The van der Waals surface area contributed by atoms with Crippen LogP contribution < -0.4 is 15.0 Å². The van der Waals surface area contributed by atoms with E-state index in [1.807, 2.05) is 16.9 Å². The van der Waals surface area contributed by atoms with Crippen LogP contribution in [0.4, 0.5) is 5.69 Å². The third-order valence-corrected chi connectivity index (χ3v) is 6.90. The largest absolute Gasteiger partial charge is 0.488 e. The second-order valence-electron chi connectivity index (χ2n) is 8.64. The Hall–Kier alpha value is -2.79. The van der Waals surface area contributed by atoms with Crippen molar-refractivity contribution in [1.82, 2.24) is 15.1 Å². The standard InChI is InChI=1S/C24H26N4O/c1-27(21-12-17-3-4-18(13-21)26-17)19-5-7-22-16(11-19)15-29-24-14-20(6-8-23(22)24)28-10-2-9-25-28/h2,5-11,14,17-18,21,26H,3-4,12-13,15H2,1H3/t17-,18+,21+. The Kier molecular flexibility index (Phi) is 3.91. The van der Waals surface area contributed by atoms with Crippen LogP contribution in [-0.2, 0) is 6.61 Å². The van der Waals surface area contributed by atoms with Crippen molar-refractivity contribution in [2.75, 3.05) is 11.9 Å². The van der Waals surface area contributed by atoms with Gasteiger partial charge in [-0.1, -0.05) is 6.07 Å². The summed E-state index contributed by atoms with van der Waals surface area (Å²) in [6, 6.07) is 17.2. The van der Waals surface area contributed by atoms with E-state index in [0.29, 0.717) is 24.7 Å². The van der Waals surface area contributed by atoms with Gasteiger partial charge >= 0.3 is 0 Å². The molecule has 0 saturated carbocycles. The van der Waals surface area contributed by atoms with E-state index in [1.54, 1.807) is 6.20 Å². The first-order valence-corrected chi connectivity index (χ1v) is 10.6. The van der Waals surface area contributed by atoms with Crippen molar-refractivity contribution in [3.05, 3.63) is 60.4 Å². The fourth-order valence-electron chi connectivity index (χ4n) is 5.31. The first-order chi connectivity index (χ1) is 14.2. The number of aromatic nitrogens is 2. The number of piperidine rings is 1. The second kappa shape index (κ2) is 6.63. The van der Waals surface area contributed by atoms with E-state index in [1.165, 1.54) is 42.5 Å². The normalized spacial score (nSPS) is 24.5. The van der Waals surface area contributed by atoms with Crippen molar-refractivity contribution < 1.29 is 4.74 Å². The second-order valence-corrected chi connectivity index (χ2v) is 8.64. The molecule has 2 saturated heterocycles. The SMILES string of the molecule is CN(c1ccc2c(c1)COc1cc(-n3cccn3)ccc1-2)[C@H]1C[C@H]2CC[C@@H](C1)N2. The highest BCUT2D eigenvalue weighted by Gasteiger charge is 2.35. The van der Waals surface area contributed by atoms with Crippen molar-refractivity contribution in [2.45, 2.75) is 50.4 Å². The molecule has 0 radical (unpaired) electrons. The molecule has 3 aromatic rings. The number of hydrogen-bond donors (Lipinski definition) is 1. The summed E-state index contributed by atoms with van der Waals surface area (Å²) in [5, 5.41) is 8.07. The lowest BCUT2D eigenvalue weighted by Crippen LogP contribution is -2.47. The Balaban J connectivity index is 1.29. The first kappa shape index (κ1) is 17.1. The number of benzene rings is 2. The molecular weight excluding hydrogens is 360 g/mol. The lowest BCUT2D eigenvalue weighted by molar-refractivity contribution is 0.302. The fraction of sp³-hybridized carbons (Fsp3) is 0.375. The number of fused-ring (bicyclic) bond motifs is 5. The quantitative estimate of drug-likeness (QED) is 0.734. The van der Waals surface area contributed by atoms with Crippen molar-refractivity contribution >= 4 is 5.69 Å². The van der Waals surface area contributed by atoms with Gasteiger partial charge in [-0.05, 0) is 67.1 Å². The molecule has 1 N–H and O–H groups in total. The molecule has 1 aromatic heterocycles. The molecule has 29 heavy (non-hydrogen) atoms. The zero-order chi connectivity index (χ0) is 19.4. The van der Waals surface area contributed by atoms with Gasteiger partial charge in [-0.25, -0.2) is 4.68 Å². The third-order valence-electron chi connectivity index (χ3n) is 6.90. The number of rotatable bonds is 3. The highest BCUT2D eigenvalue weighted by atomic mass is 16.5. The van der Waals surface area contributed by atoms with Gasteiger partial charge in [0.15, 0.2) is 0 Å². The topological polar surface area (TPSA) is 42.3 Å². The summed E-state index contributed by atoms with van der Waals surface area (Å²) in [5.74, 6) is 0.932. The van der Waals surface area contributed by atoms with Gasteiger partial charge in [0, 0.05) is 54.9 Å². The van der Waals surface area contributed by atoms with Gasteiger partial charge in [-0.2, -0.15) is 5.10 Å². The minimum absolute atomic E-state index is 0.615. The van der Waals surface area contributed by atoms with Gasteiger partial charge in [-0.3, -0.25) is 0 Å². The lowest BCUT2D eigenvalue weighted by Gasteiger charge is -2.37. The zero-order valence-electron chi connectivity index (χ0n) is 16.7. The number of hydrogen-bond acceptors (Lipinski definition) is 4. The smallest absolute Gasteiger partial charge is 0.129 e. The Labute approximate surface area is 171 Å². The molecule has 5 nitrogen and oxygen atoms in total. The minimum Gasteiger partial charge on any atom is -0.488 e. The third kappa shape index (κ3) is 2.92. The summed E-state index contributed by atoms with van der Waals surface area (Å²) in [7, 11) is 2.26. The Bertz CT molecular complexity index is 1030. The van der Waals surface area contributed by atoms with E-state index < -0.39 is 0 Å². The summed E-state index contributed by atoms with van der Waals surface area (Å²) >= 11 is 0. The van der Waals surface area contributed by atoms with E-state index in [-0.39, 0.29) is 0 Å². The molecule has 0 amide bonds. The first-order valence-electron chi connectivity index (χ1n) is 10.6. The summed E-state index contributed by atoms with van der Waals surface area (Å²) < 4.78 is 8.01. The predicted molar refractivity (Wildman–Crippen MR) is 115 cm³/mol. The average molecular weight is 386 g/mol. The molecule has 2 fully saturated rings. The molecule has 2 bridgehead atoms. The van der Waals surface area contributed by atoms with E-state index in [4.69, 9.17) is 4.74 Å². The van der Waals surface area contributed by atoms with Gasteiger partial charge in [0.05, 0.1) is 5.69 Å². The zero-order valence-corrected chi connectivity index (χ0v) is 16.7. The summed E-state index contributed by atoms with van der Waals surface area (Å²) in [6.45, 7) is 0.615. The number of nitrogens with zero attached hydrogens (tertiary/aromatic N) is 3. The van der Waals surface area contributed by atoms with Crippen LogP contribution >= 0.6 is 0 Å². The van der Waals surface area contributed by atoms with Crippen LogP contribution in [0, 0.1) is 0 Å². The number of anilines is 1. The van der Waals surface area contributed by atoms with Crippen LogP contribution in [0.2, 0.25) is 0 Å². The Morgan fingerprint density at radius 3 is 2.69 bits per heavy atom. The van der Waals surface area contributed by atoms with Crippen molar-refractivity contribution in [2.24, 2.45) is 0 Å². The highest BCUT2D eigenvalue weighted by Crippen LogP contribution is 2.40. The molecular formula is C24H26N4O. The molecule has 5 heteroatoms. The molecule has 6 rings (SSSR count). The Morgan fingerprint density at radius 1 is 1.07 bits per heavy atom. The summed E-state index contributed by atoms with van der Waals surface area (Å²) in [5.41, 5.74) is 6.03. The van der Waals surface area contributed by atoms with E-state index in [2.05, 4.69) is 58.8 Å². The van der Waals surface area contributed by atoms with Gasteiger partial charge < -0.3 is 15.0 Å². The van der Waals surface area contributed by atoms with Crippen molar-refractivity contribution in [3.8, 4) is 22.6 Å². The molecule has 0 unspecified atom stereocenters. The van der Waals surface area contributed by atoms with Crippen LogP contribution in [0.1, 0.15) is 31.2 Å². The maximum Gasteiger partial charge on any atom is 0.129 e. The number of ether oxygens (including phenoxy) is 1. The van der Waals surface area contributed by atoms with Crippen LogP contribution in [0.15, 0.2) is 54.9 Å². The molecule has 4 heterocycles. The molecule has 0 spiro atoms. The monoisotopic (exact) mass is 386 g/mol. The lowest BCUT2D eigenvalue weighted by atomic mass is 9.94. The van der Waals surface area contributed by atoms with Crippen molar-refractivity contribution in [1.29, 1.82) is 0 Å². The van der Waals surface area contributed by atoms with Gasteiger partial charge in [0.25, 0.3) is 0 Å². The fourth-order valence-corrected chi connectivity index (χ4v) is 5.31. The molecule has 3 aliphatic heterocycles. The van der Waals surface area contributed by atoms with Gasteiger partial charge in [-0.15, -0.1) is 0 Å². The number of nitrogens with one attached hydrogen (secondary N) is 1. The van der Waals surface area contributed by atoms with Crippen LogP contribution in [0.25, 0.3) is 16.8 Å². The maximum absolute atomic E-state index is 6.14. The van der Waals surface area contributed by atoms with Gasteiger partial charge in [0.1, 0.15) is 12.4 Å². The summed E-state index contributed by atoms with van der Waals surface area (Å²) in [6.07, 6.45) is 8.92. The molecule has 2 aromatic carbocycles. The van der Waals surface area contributed by atoms with Crippen molar-refractivity contribution in [3.63, 3.8) is 0 Å². The molecule has 148 valence electrons. The van der Waals surface area contributed by atoms with E-state index in [9.17, 15) is 0 Å². The molecule has 3 atom stereocenters. The highest BCUT2D eigenvalue weighted by molar-refractivity contribution is 5.78. The molecule has 3 aliphatic rings. The molecule has 0 aliphatic carbocycles. The van der Waals surface area contributed by atoms with Crippen LogP contribution in [0.5, 0.6) is 5.75 Å². The van der Waals surface area contributed by atoms with E-state index in [0.717, 1.165) is 17.0 Å². The van der Waals surface area contributed by atoms with Gasteiger partial charge in [0.2, 0.25) is 0 Å². The minimum atomic E-state index is 0.615. The predicted octanol–water partition coefficient (Wildman–Crippen LogP) is 4.15. The summed E-state index contributed by atoms with van der Waals surface area (Å²) in [4.78, 5) is 2.49.